The average molecular weight is 309 g/mol. The summed E-state index contributed by atoms with van der Waals surface area (Å²) in [5.74, 6) is 0. The van der Waals surface area contributed by atoms with Gasteiger partial charge in [0.05, 0.1) is 10.9 Å². The highest BCUT2D eigenvalue weighted by atomic mass is 32.2. The van der Waals surface area contributed by atoms with Crippen molar-refractivity contribution < 1.29 is 8.42 Å². The van der Waals surface area contributed by atoms with Crippen LogP contribution >= 0.6 is 11.3 Å². The first-order valence-electron chi connectivity index (χ1n) is 6.51. The lowest BCUT2D eigenvalue weighted by Crippen LogP contribution is -2.22. The standard InChI is InChI=1S/C15H19NO2S2/c1-4-16-15(14-9-10-19-11(14)2)12-5-7-13(8-6-12)20(3,17)18/h5-10,15-16H,4H2,1-3H3. The average Bonchev–Trinajstić information content (AvgIpc) is 2.81. The Kier molecular flexibility index (Phi) is 4.62. The zero-order valence-electron chi connectivity index (χ0n) is 11.9. The quantitative estimate of drug-likeness (QED) is 0.923. The van der Waals surface area contributed by atoms with E-state index in [2.05, 4.69) is 30.6 Å². The molecule has 0 radical (unpaired) electrons. The lowest BCUT2D eigenvalue weighted by Gasteiger charge is -2.19. The predicted molar refractivity (Wildman–Crippen MR) is 84.1 cm³/mol. The number of nitrogens with one attached hydrogen (secondary N) is 1. The molecule has 1 N–H and O–H groups in total. The first kappa shape index (κ1) is 15.2. The van der Waals surface area contributed by atoms with Crippen LogP contribution in [0.15, 0.2) is 40.6 Å². The summed E-state index contributed by atoms with van der Waals surface area (Å²) in [5.41, 5.74) is 2.34. The Morgan fingerprint density at radius 1 is 1.20 bits per heavy atom. The molecule has 0 spiro atoms. The van der Waals surface area contributed by atoms with Crippen molar-refractivity contribution in [1.82, 2.24) is 5.32 Å². The highest BCUT2D eigenvalue weighted by Crippen LogP contribution is 2.28. The number of hydrogen-bond acceptors (Lipinski definition) is 4. The number of thiophene rings is 1. The summed E-state index contributed by atoms with van der Waals surface area (Å²) in [6, 6.07) is 9.37. The van der Waals surface area contributed by atoms with Crippen molar-refractivity contribution >= 4 is 21.2 Å². The van der Waals surface area contributed by atoms with Gasteiger partial charge in [-0.25, -0.2) is 8.42 Å². The summed E-state index contributed by atoms with van der Waals surface area (Å²) in [4.78, 5) is 1.64. The van der Waals surface area contributed by atoms with Gasteiger partial charge in [0.2, 0.25) is 0 Å². The Labute approximate surface area is 124 Å². The second kappa shape index (κ2) is 6.08. The normalized spacial score (nSPS) is 13.3. The molecule has 1 atom stereocenters. The summed E-state index contributed by atoms with van der Waals surface area (Å²) < 4.78 is 23.0. The monoisotopic (exact) mass is 309 g/mol. The van der Waals surface area contributed by atoms with Crippen LogP contribution in [0.3, 0.4) is 0 Å². The fourth-order valence-electron chi connectivity index (χ4n) is 2.21. The number of benzene rings is 1. The highest BCUT2D eigenvalue weighted by Gasteiger charge is 2.16. The van der Waals surface area contributed by atoms with Crippen LogP contribution in [0, 0.1) is 6.92 Å². The summed E-state index contributed by atoms with van der Waals surface area (Å²) in [7, 11) is -3.14. The summed E-state index contributed by atoms with van der Waals surface area (Å²) in [6.45, 7) is 5.03. The van der Waals surface area contributed by atoms with E-state index in [1.807, 2.05) is 12.1 Å². The molecule has 2 aromatic rings. The molecule has 0 saturated heterocycles. The van der Waals surface area contributed by atoms with Gasteiger partial charge in [0, 0.05) is 11.1 Å². The van der Waals surface area contributed by atoms with Crippen LogP contribution < -0.4 is 5.32 Å². The Morgan fingerprint density at radius 2 is 1.85 bits per heavy atom. The van der Waals surface area contributed by atoms with Crippen molar-refractivity contribution in [3.05, 3.63) is 51.7 Å². The van der Waals surface area contributed by atoms with Crippen LogP contribution in [0.5, 0.6) is 0 Å². The van der Waals surface area contributed by atoms with Crippen molar-refractivity contribution in [3.63, 3.8) is 0 Å². The number of hydrogen-bond donors (Lipinski definition) is 1. The second-order valence-corrected chi connectivity index (χ2v) is 7.90. The number of sulfone groups is 1. The van der Waals surface area contributed by atoms with Gasteiger partial charge >= 0.3 is 0 Å². The Balaban J connectivity index is 2.38. The molecule has 0 amide bonds. The van der Waals surface area contributed by atoms with Gasteiger partial charge < -0.3 is 5.32 Å². The largest absolute Gasteiger partial charge is 0.306 e. The molecule has 20 heavy (non-hydrogen) atoms. The zero-order valence-corrected chi connectivity index (χ0v) is 13.5. The van der Waals surface area contributed by atoms with E-state index in [0.29, 0.717) is 4.90 Å². The zero-order chi connectivity index (χ0) is 14.8. The molecule has 0 saturated carbocycles. The fourth-order valence-corrected chi connectivity index (χ4v) is 3.58. The minimum absolute atomic E-state index is 0.111. The van der Waals surface area contributed by atoms with Gasteiger partial charge in [-0.15, -0.1) is 11.3 Å². The third-order valence-electron chi connectivity index (χ3n) is 3.26. The summed E-state index contributed by atoms with van der Waals surface area (Å²) in [5, 5.41) is 5.54. The van der Waals surface area contributed by atoms with Gasteiger partial charge in [0.1, 0.15) is 0 Å². The molecular weight excluding hydrogens is 290 g/mol. The SMILES string of the molecule is CCNC(c1ccc(S(C)(=O)=O)cc1)c1ccsc1C. The van der Waals surface area contributed by atoms with Gasteiger partial charge in [-0.1, -0.05) is 19.1 Å². The molecule has 5 heteroatoms. The minimum Gasteiger partial charge on any atom is -0.306 e. The van der Waals surface area contributed by atoms with E-state index in [4.69, 9.17) is 0 Å². The molecule has 108 valence electrons. The van der Waals surface area contributed by atoms with Gasteiger partial charge in [-0.05, 0) is 48.2 Å². The molecule has 0 bridgehead atoms. The van der Waals surface area contributed by atoms with Crippen LogP contribution in [-0.4, -0.2) is 21.2 Å². The lowest BCUT2D eigenvalue weighted by atomic mass is 9.99. The number of aryl methyl sites for hydroxylation is 1. The molecule has 1 aromatic heterocycles. The van der Waals surface area contributed by atoms with E-state index in [1.54, 1.807) is 23.5 Å². The van der Waals surface area contributed by atoms with Crippen LogP contribution in [0.4, 0.5) is 0 Å². The third-order valence-corrected chi connectivity index (χ3v) is 5.25. The molecule has 1 aromatic carbocycles. The minimum atomic E-state index is -3.14. The van der Waals surface area contributed by atoms with Crippen molar-refractivity contribution in [2.75, 3.05) is 12.8 Å². The smallest absolute Gasteiger partial charge is 0.175 e. The van der Waals surface area contributed by atoms with Gasteiger partial charge in [0.25, 0.3) is 0 Å². The maximum absolute atomic E-state index is 11.5. The van der Waals surface area contributed by atoms with Gasteiger partial charge in [-0.2, -0.15) is 0 Å². The lowest BCUT2D eigenvalue weighted by molar-refractivity contribution is 0.601. The Hall–Kier alpha value is -1.17. The van der Waals surface area contributed by atoms with Crippen molar-refractivity contribution in [3.8, 4) is 0 Å². The van der Waals surface area contributed by atoms with E-state index >= 15 is 0 Å². The maximum atomic E-state index is 11.5. The van der Waals surface area contributed by atoms with Crippen molar-refractivity contribution in [1.29, 1.82) is 0 Å². The number of rotatable bonds is 5. The van der Waals surface area contributed by atoms with E-state index in [1.165, 1.54) is 16.7 Å². The topological polar surface area (TPSA) is 46.2 Å². The highest BCUT2D eigenvalue weighted by molar-refractivity contribution is 7.90. The van der Waals surface area contributed by atoms with E-state index in [-0.39, 0.29) is 6.04 Å². The first-order valence-corrected chi connectivity index (χ1v) is 9.28. The third kappa shape index (κ3) is 3.29. The molecule has 0 aliphatic carbocycles. The van der Waals surface area contributed by atoms with E-state index in [9.17, 15) is 8.42 Å². The molecule has 1 unspecified atom stereocenters. The van der Waals surface area contributed by atoms with Crippen LogP contribution in [0.25, 0.3) is 0 Å². The van der Waals surface area contributed by atoms with Crippen LogP contribution in [0.1, 0.15) is 29.0 Å². The van der Waals surface area contributed by atoms with Crippen molar-refractivity contribution in [2.45, 2.75) is 24.8 Å². The summed E-state index contributed by atoms with van der Waals surface area (Å²) in [6.07, 6.45) is 1.23. The Bertz CT molecular complexity index is 672. The molecule has 0 fully saturated rings. The second-order valence-electron chi connectivity index (χ2n) is 4.76. The Morgan fingerprint density at radius 3 is 2.30 bits per heavy atom. The fraction of sp³-hybridized carbons (Fsp3) is 0.333. The van der Waals surface area contributed by atoms with Crippen molar-refractivity contribution in [2.24, 2.45) is 0 Å². The maximum Gasteiger partial charge on any atom is 0.175 e. The molecule has 0 aliphatic rings. The van der Waals surface area contributed by atoms with Gasteiger partial charge in [0.15, 0.2) is 9.84 Å². The molecule has 1 heterocycles. The van der Waals surface area contributed by atoms with Crippen LogP contribution in [0.2, 0.25) is 0 Å². The predicted octanol–water partition coefficient (Wildman–Crippen LogP) is 3.16. The molecule has 3 nitrogen and oxygen atoms in total. The molecule has 2 rings (SSSR count). The first-order chi connectivity index (χ1) is 9.43. The van der Waals surface area contributed by atoms with E-state index < -0.39 is 9.84 Å². The molecular formula is C15H19NO2S2. The van der Waals surface area contributed by atoms with Crippen LogP contribution in [-0.2, 0) is 9.84 Å². The summed E-state index contributed by atoms with van der Waals surface area (Å²) >= 11 is 1.72. The molecule has 0 aliphatic heterocycles. The van der Waals surface area contributed by atoms with Gasteiger partial charge in [-0.3, -0.25) is 0 Å². The van der Waals surface area contributed by atoms with E-state index in [0.717, 1.165) is 12.1 Å².